The molecule has 5 heteroatoms. The van der Waals surface area contributed by atoms with Gasteiger partial charge in [-0.15, -0.1) is 11.3 Å². The molecule has 0 saturated heterocycles. The Morgan fingerprint density at radius 2 is 1.89 bits per heavy atom. The zero-order valence-corrected chi connectivity index (χ0v) is 10.7. The molecule has 0 atom stereocenters. The third kappa shape index (κ3) is 1.89. The number of hydrogen-bond donors (Lipinski definition) is 2. The Bertz CT molecular complexity index is 739. The van der Waals surface area contributed by atoms with Crippen LogP contribution in [-0.2, 0) is 0 Å². The summed E-state index contributed by atoms with van der Waals surface area (Å²) in [5, 5.41) is 20.4. The highest BCUT2D eigenvalue weighted by atomic mass is 35.5. The Hall–Kier alpha value is -1.78. The standard InChI is InChI=1S/C13H8ClNO2S/c14-7-1-4-10-12(5-7)18-13(15-10)9-3-2-8(16)6-11(9)17/h1-6,16-17H. The van der Waals surface area contributed by atoms with Gasteiger partial charge in [-0.2, -0.15) is 0 Å². The van der Waals surface area contributed by atoms with Gasteiger partial charge in [-0.05, 0) is 30.3 Å². The summed E-state index contributed by atoms with van der Waals surface area (Å²) >= 11 is 7.37. The molecule has 0 spiro atoms. The van der Waals surface area contributed by atoms with Crippen LogP contribution in [0.4, 0.5) is 0 Å². The third-order valence-corrected chi connectivity index (χ3v) is 3.85. The lowest BCUT2D eigenvalue weighted by atomic mass is 10.2. The lowest BCUT2D eigenvalue weighted by molar-refractivity contribution is 0.452. The van der Waals surface area contributed by atoms with Gasteiger partial charge in [0.05, 0.1) is 15.8 Å². The van der Waals surface area contributed by atoms with E-state index >= 15 is 0 Å². The first-order valence-electron chi connectivity index (χ1n) is 5.22. The molecule has 1 heterocycles. The topological polar surface area (TPSA) is 53.4 Å². The predicted molar refractivity (Wildman–Crippen MR) is 73.4 cm³/mol. The number of halogens is 1. The molecule has 0 aliphatic rings. The van der Waals surface area contributed by atoms with E-state index in [1.807, 2.05) is 12.1 Å². The minimum atomic E-state index is 0.0140. The molecule has 0 fully saturated rings. The average molecular weight is 278 g/mol. The van der Waals surface area contributed by atoms with Crippen molar-refractivity contribution < 1.29 is 10.2 Å². The van der Waals surface area contributed by atoms with Crippen LogP contribution in [0.2, 0.25) is 5.02 Å². The maximum absolute atomic E-state index is 9.81. The summed E-state index contributed by atoms with van der Waals surface area (Å²) in [5.74, 6) is 0.0422. The summed E-state index contributed by atoms with van der Waals surface area (Å²) < 4.78 is 0.963. The lowest BCUT2D eigenvalue weighted by Gasteiger charge is -2.00. The monoisotopic (exact) mass is 277 g/mol. The zero-order valence-electron chi connectivity index (χ0n) is 9.09. The smallest absolute Gasteiger partial charge is 0.129 e. The lowest BCUT2D eigenvalue weighted by Crippen LogP contribution is -1.77. The number of hydrogen-bond acceptors (Lipinski definition) is 4. The fourth-order valence-electron chi connectivity index (χ4n) is 1.71. The molecular weight excluding hydrogens is 270 g/mol. The Balaban J connectivity index is 2.19. The first-order valence-corrected chi connectivity index (χ1v) is 6.41. The molecule has 0 bridgehead atoms. The summed E-state index contributed by atoms with van der Waals surface area (Å²) in [5.41, 5.74) is 1.44. The van der Waals surface area contributed by atoms with E-state index < -0.39 is 0 Å². The second-order valence-electron chi connectivity index (χ2n) is 3.83. The minimum absolute atomic E-state index is 0.0140. The van der Waals surface area contributed by atoms with Gasteiger partial charge in [-0.3, -0.25) is 0 Å². The summed E-state index contributed by atoms with van der Waals surface area (Å²) in [6, 6.07) is 9.93. The van der Waals surface area contributed by atoms with Gasteiger partial charge in [-0.25, -0.2) is 4.98 Å². The van der Waals surface area contributed by atoms with Crippen molar-refractivity contribution in [3.8, 4) is 22.1 Å². The first kappa shape index (κ1) is 11.3. The van der Waals surface area contributed by atoms with Gasteiger partial charge in [0.1, 0.15) is 16.5 Å². The van der Waals surface area contributed by atoms with E-state index in [9.17, 15) is 10.2 Å². The molecule has 0 aliphatic carbocycles. The molecule has 2 aromatic carbocycles. The number of aromatic nitrogens is 1. The van der Waals surface area contributed by atoms with Gasteiger partial charge in [0, 0.05) is 11.1 Å². The number of nitrogens with zero attached hydrogens (tertiary/aromatic N) is 1. The molecule has 0 saturated carbocycles. The number of thiazole rings is 1. The second kappa shape index (κ2) is 4.15. The number of fused-ring (bicyclic) bond motifs is 1. The van der Waals surface area contributed by atoms with Crippen LogP contribution in [0.15, 0.2) is 36.4 Å². The maximum Gasteiger partial charge on any atom is 0.129 e. The highest BCUT2D eigenvalue weighted by Crippen LogP contribution is 2.37. The van der Waals surface area contributed by atoms with Crippen LogP contribution in [0.25, 0.3) is 20.8 Å². The van der Waals surface area contributed by atoms with Crippen molar-refractivity contribution >= 4 is 33.2 Å². The van der Waals surface area contributed by atoms with Gasteiger partial charge in [-0.1, -0.05) is 11.6 Å². The molecular formula is C13H8ClNO2S. The van der Waals surface area contributed by atoms with Gasteiger partial charge in [0.25, 0.3) is 0 Å². The quantitative estimate of drug-likeness (QED) is 0.706. The molecule has 0 unspecified atom stereocenters. The van der Waals surface area contributed by atoms with Crippen LogP contribution in [-0.4, -0.2) is 15.2 Å². The van der Waals surface area contributed by atoms with Crippen LogP contribution in [0.3, 0.4) is 0 Å². The minimum Gasteiger partial charge on any atom is -0.508 e. The number of aromatic hydroxyl groups is 2. The van der Waals surface area contributed by atoms with Crippen molar-refractivity contribution in [1.82, 2.24) is 4.98 Å². The number of rotatable bonds is 1. The SMILES string of the molecule is Oc1ccc(-c2nc3ccc(Cl)cc3s2)c(O)c1. The van der Waals surface area contributed by atoms with E-state index in [0.717, 1.165) is 10.2 Å². The molecule has 1 aromatic heterocycles. The highest BCUT2D eigenvalue weighted by Gasteiger charge is 2.11. The molecule has 0 amide bonds. The van der Waals surface area contributed by atoms with E-state index in [2.05, 4.69) is 4.98 Å². The van der Waals surface area contributed by atoms with Crippen LogP contribution in [0.5, 0.6) is 11.5 Å². The molecule has 0 radical (unpaired) electrons. The van der Waals surface area contributed by atoms with E-state index in [1.54, 1.807) is 12.1 Å². The van der Waals surface area contributed by atoms with Crippen molar-refractivity contribution in [1.29, 1.82) is 0 Å². The Kier molecular flexibility index (Phi) is 2.61. The van der Waals surface area contributed by atoms with Crippen LogP contribution in [0.1, 0.15) is 0 Å². The van der Waals surface area contributed by atoms with Crippen molar-refractivity contribution in [2.45, 2.75) is 0 Å². The van der Waals surface area contributed by atoms with Gasteiger partial charge < -0.3 is 10.2 Å². The van der Waals surface area contributed by atoms with Crippen molar-refractivity contribution in [2.24, 2.45) is 0 Å². The predicted octanol–water partition coefficient (Wildman–Crippen LogP) is 4.03. The van der Waals surface area contributed by atoms with Crippen molar-refractivity contribution in [3.63, 3.8) is 0 Å². The van der Waals surface area contributed by atoms with Crippen LogP contribution < -0.4 is 0 Å². The fraction of sp³-hybridized carbons (Fsp3) is 0. The Morgan fingerprint density at radius 3 is 2.67 bits per heavy atom. The summed E-state index contributed by atoms with van der Waals surface area (Å²) in [6.45, 7) is 0. The molecule has 3 nitrogen and oxygen atoms in total. The Morgan fingerprint density at radius 1 is 1.06 bits per heavy atom. The van der Waals surface area contributed by atoms with Crippen molar-refractivity contribution in [2.75, 3.05) is 0 Å². The van der Waals surface area contributed by atoms with E-state index in [-0.39, 0.29) is 11.5 Å². The van der Waals surface area contributed by atoms with E-state index in [0.29, 0.717) is 15.6 Å². The van der Waals surface area contributed by atoms with Crippen LogP contribution >= 0.6 is 22.9 Å². The number of benzene rings is 2. The van der Waals surface area contributed by atoms with Crippen molar-refractivity contribution in [3.05, 3.63) is 41.4 Å². The highest BCUT2D eigenvalue weighted by molar-refractivity contribution is 7.21. The summed E-state index contributed by atoms with van der Waals surface area (Å²) in [6.07, 6.45) is 0. The molecule has 18 heavy (non-hydrogen) atoms. The van der Waals surface area contributed by atoms with E-state index in [1.165, 1.54) is 23.5 Å². The third-order valence-electron chi connectivity index (χ3n) is 2.56. The summed E-state index contributed by atoms with van der Waals surface area (Å²) in [7, 11) is 0. The van der Waals surface area contributed by atoms with E-state index in [4.69, 9.17) is 11.6 Å². The average Bonchev–Trinajstić information content (AvgIpc) is 2.71. The maximum atomic E-state index is 9.81. The number of phenolic OH excluding ortho intramolecular Hbond substituents is 2. The largest absolute Gasteiger partial charge is 0.508 e. The molecule has 90 valence electrons. The second-order valence-corrected chi connectivity index (χ2v) is 5.30. The zero-order chi connectivity index (χ0) is 12.7. The van der Waals surface area contributed by atoms with Gasteiger partial charge in [0.2, 0.25) is 0 Å². The Labute approximate surface area is 112 Å². The van der Waals surface area contributed by atoms with Gasteiger partial charge in [0.15, 0.2) is 0 Å². The fourth-order valence-corrected chi connectivity index (χ4v) is 2.99. The molecule has 2 N–H and O–H groups in total. The first-order chi connectivity index (χ1) is 8.63. The summed E-state index contributed by atoms with van der Waals surface area (Å²) in [4.78, 5) is 4.43. The van der Waals surface area contributed by atoms with Crippen LogP contribution in [0, 0.1) is 0 Å². The number of phenols is 2. The molecule has 0 aliphatic heterocycles. The van der Waals surface area contributed by atoms with Gasteiger partial charge >= 0.3 is 0 Å². The molecule has 3 rings (SSSR count). The molecule has 3 aromatic rings. The normalized spacial score (nSPS) is 10.9.